The third kappa shape index (κ3) is 1.89. The van der Waals surface area contributed by atoms with E-state index in [9.17, 15) is 4.79 Å². The Morgan fingerprint density at radius 1 is 1.40 bits per heavy atom. The third-order valence-electron chi connectivity index (χ3n) is 0.927. The number of aromatic carboxylic acids is 1. The largest absolute Gasteiger partial charge is 0.478 e. The lowest BCUT2D eigenvalue weighted by atomic mass is 10.3. The number of aromatic nitrogens is 1. The minimum Gasteiger partial charge on any atom is -0.478 e. The lowest BCUT2D eigenvalue weighted by Crippen LogP contribution is -1.94. The van der Waals surface area contributed by atoms with Gasteiger partial charge in [0.1, 0.15) is 0 Å². The second-order valence-corrected chi connectivity index (χ2v) is 1.54. The molecule has 4 heteroatoms. The van der Waals surface area contributed by atoms with Crippen LogP contribution in [0.15, 0.2) is 24.5 Å². The van der Waals surface area contributed by atoms with Crippen LogP contribution in [0, 0.1) is 0 Å². The van der Waals surface area contributed by atoms with Gasteiger partial charge in [0.15, 0.2) is 0 Å². The molecule has 1 rings (SSSR count). The monoisotopic (exact) mass is 137 g/mol. The molecule has 0 aromatic carbocycles. The number of pyridine rings is 1. The van der Waals surface area contributed by atoms with E-state index in [0.29, 0.717) is 0 Å². The van der Waals surface area contributed by atoms with Crippen LogP contribution in [0.1, 0.15) is 10.4 Å². The summed E-state index contributed by atoms with van der Waals surface area (Å²) in [6.45, 7) is 0. The highest BCUT2D eigenvalue weighted by Gasteiger charge is 1.97. The average Bonchev–Trinajstić information content (AvgIpc) is 1.90. The van der Waals surface area contributed by atoms with Gasteiger partial charge in [0, 0.05) is 12.4 Å². The normalized spacial score (nSPS) is 8.00. The van der Waals surface area contributed by atoms with Crippen molar-refractivity contribution >= 4 is 14.4 Å². The minimum atomic E-state index is -0.919. The van der Waals surface area contributed by atoms with Crippen LogP contribution in [0.2, 0.25) is 0 Å². The van der Waals surface area contributed by atoms with Crippen molar-refractivity contribution in [1.82, 2.24) is 4.98 Å². The predicted octanol–water partition coefficient (Wildman–Crippen LogP) is -0.404. The van der Waals surface area contributed by atoms with Gasteiger partial charge in [0.05, 0.1) is 14.0 Å². The van der Waals surface area contributed by atoms with Crippen molar-refractivity contribution in [2.24, 2.45) is 0 Å². The van der Waals surface area contributed by atoms with Crippen LogP contribution in [-0.2, 0) is 0 Å². The predicted molar refractivity (Wildman–Crippen MR) is 41.1 cm³/mol. The van der Waals surface area contributed by atoms with Crippen molar-refractivity contribution in [3.63, 3.8) is 0 Å². The number of carbonyl (C=O) groups is 1. The van der Waals surface area contributed by atoms with E-state index < -0.39 is 5.97 Å². The maximum atomic E-state index is 10.2. The Balaban J connectivity index is 0.000000810. The van der Waals surface area contributed by atoms with E-state index >= 15 is 0 Å². The second kappa shape index (κ2) is 3.66. The van der Waals surface area contributed by atoms with Gasteiger partial charge in [-0.25, -0.2) is 4.79 Å². The highest BCUT2D eigenvalue weighted by Crippen LogP contribution is 1.93. The lowest BCUT2D eigenvalue weighted by molar-refractivity contribution is 0.0697. The molecule has 0 amide bonds. The summed E-state index contributed by atoms with van der Waals surface area (Å²) in [4.78, 5) is 13.8. The van der Waals surface area contributed by atoms with E-state index in [1.807, 2.05) is 0 Å². The Hall–Kier alpha value is -1.32. The fraction of sp³-hybridized carbons (Fsp3) is 0. The van der Waals surface area contributed by atoms with Crippen molar-refractivity contribution in [3.8, 4) is 0 Å². The Kier molecular flexibility index (Phi) is 3.18. The highest BCUT2D eigenvalue weighted by molar-refractivity contribution is 5.87. The van der Waals surface area contributed by atoms with Crippen LogP contribution in [0.4, 0.5) is 0 Å². The molecule has 0 saturated carbocycles. The fourth-order valence-corrected chi connectivity index (χ4v) is 0.494. The maximum Gasteiger partial charge on any atom is 0.335 e. The zero-order chi connectivity index (χ0) is 6.69. The first kappa shape index (κ1) is 8.68. The van der Waals surface area contributed by atoms with Crippen molar-refractivity contribution < 1.29 is 9.90 Å². The van der Waals surface area contributed by atoms with Crippen LogP contribution in [0.5, 0.6) is 0 Å². The SMILES string of the molecule is B.O=C(O)c1ccncc1. The molecule has 1 N–H and O–H groups in total. The Bertz CT molecular complexity index is 212. The molecular weight excluding hydrogens is 129 g/mol. The maximum absolute atomic E-state index is 10.2. The van der Waals surface area contributed by atoms with Crippen LogP contribution in [-0.4, -0.2) is 24.5 Å². The summed E-state index contributed by atoms with van der Waals surface area (Å²) in [6, 6.07) is 2.89. The van der Waals surface area contributed by atoms with Gasteiger partial charge in [-0.05, 0) is 12.1 Å². The summed E-state index contributed by atoms with van der Waals surface area (Å²) < 4.78 is 0. The molecule has 0 saturated heterocycles. The quantitative estimate of drug-likeness (QED) is 0.535. The van der Waals surface area contributed by atoms with Gasteiger partial charge in [0.2, 0.25) is 0 Å². The molecule has 0 unspecified atom stereocenters. The van der Waals surface area contributed by atoms with E-state index in [1.165, 1.54) is 24.5 Å². The molecule has 0 aliphatic carbocycles. The molecule has 1 aromatic heterocycles. The van der Waals surface area contributed by atoms with Gasteiger partial charge in [0.25, 0.3) is 0 Å². The summed E-state index contributed by atoms with van der Waals surface area (Å²) in [5.74, 6) is -0.919. The Morgan fingerprint density at radius 2 is 1.90 bits per heavy atom. The summed E-state index contributed by atoms with van der Waals surface area (Å²) in [5, 5.41) is 8.36. The summed E-state index contributed by atoms with van der Waals surface area (Å²) in [5.41, 5.74) is 0.269. The topological polar surface area (TPSA) is 50.2 Å². The second-order valence-electron chi connectivity index (χ2n) is 1.54. The highest BCUT2D eigenvalue weighted by atomic mass is 16.4. The average molecular weight is 137 g/mol. The molecular formula is C6H8BNO2. The molecule has 3 nitrogen and oxygen atoms in total. The van der Waals surface area contributed by atoms with Crippen molar-refractivity contribution in [3.05, 3.63) is 30.1 Å². The Morgan fingerprint density at radius 3 is 2.20 bits per heavy atom. The molecule has 0 spiro atoms. The van der Waals surface area contributed by atoms with Gasteiger partial charge in [-0.3, -0.25) is 4.98 Å². The first-order chi connectivity index (χ1) is 4.30. The number of nitrogens with zero attached hydrogens (tertiary/aromatic N) is 1. The van der Waals surface area contributed by atoms with E-state index in [-0.39, 0.29) is 14.0 Å². The van der Waals surface area contributed by atoms with Gasteiger partial charge < -0.3 is 5.11 Å². The van der Waals surface area contributed by atoms with Crippen LogP contribution >= 0.6 is 0 Å². The molecule has 0 bridgehead atoms. The molecule has 10 heavy (non-hydrogen) atoms. The molecule has 0 aliphatic heterocycles. The summed E-state index contributed by atoms with van der Waals surface area (Å²) in [7, 11) is 0. The molecule has 0 aliphatic rings. The molecule has 0 radical (unpaired) electrons. The molecule has 52 valence electrons. The molecule has 1 heterocycles. The van der Waals surface area contributed by atoms with Gasteiger partial charge in [-0.15, -0.1) is 0 Å². The molecule has 1 aromatic rings. The summed E-state index contributed by atoms with van der Waals surface area (Å²) >= 11 is 0. The third-order valence-corrected chi connectivity index (χ3v) is 0.927. The number of hydrogen-bond donors (Lipinski definition) is 1. The van der Waals surface area contributed by atoms with Gasteiger partial charge in [-0.1, -0.05) is 0 Å². The molecule has 0 fully saturated rings. The van der Waals surface area contributed by atoms with Gasteiger partial charge >= 0.3 is 5.97 Å². The van der Waals surface area contributed by atoms with E-state index in [2.05, 4.69) is 4.98 Å². The van der Waals surface area contributed by atoms with Crippen LogP contribution < -0.4 is 0 Å². The standard InChI is InChI=1S/C6H5NO2.BH3/c8-6(9)5-1-3-7-4-2-5;/h1-4H,(H,8,9);1H3. The van der Waals surface area contributed by atoms with E-state index in [1.54, 1.807) is 0 Å². The van der Waals surface area contributed by atoms with Crippen molar-refractivity contribution in [1.29, 1.82) is 0 Å². The van der Waals surface area contributed by atoms with Crippen molar-refractivity contribution in [2.75, 3.05) is 0 Å². The first-order valence-electron chi connectivity index (χ1n) is 2.44. The summed E-state index contributed by atoms with van der Waals surface area (Å²) in [6.07, 6.45) is 2.90. The lowest BCUT2D eigenvalue weighted by Gasteiger charge is -1.87. The number of carboxylic acid groups (broad SMARTS) is 1. The Labute approximate surface area is 60.3 Å². The smallest absolute Gasteiger partial charge is 0.335 e. The van der Waals surface area contributed by atoms with Crippen molar-refractivity contribution in [2.45, 2.75) is 0 Å². The number of rotatable bonds is 1. The zero-order valence-corrected chi connectivity index (χ0v) is 4.61. The van der Waals surface area contributed by atoms with E-state index in [0.717, 1.165) is 0 Å². The molecule has 0 atom stereocenters. The number of carboxylic acids is 1. The van der Waals surface area contributed by atoms with Crippen LogP contribution in [0.25, 0.3) is 0 Å². The van der Waals surface area contributed by atoms with E-state index in [4.69, 9.17) is 5.11 Å². The first-order valence-corrected chi connectivity index (χ1v) is 2.44. The number of hydrogen-bond acceptors (Lipinski definition) is 2. The zero-order valence-electron chi connectivity index (χ0n) is 4.61. The minimum absolute atomic E-state index is 0. The fourth-order valence-electron chi connectivity index (χ4n) is 0.494. The van der Waals surface area contributed by atoms with Crippen LogP contribution in [0.3, 0.4) is 0 Å². The van der Waals surface area contributed by atoms with Gasteiger partial charge in [-0.2, -0.15) is 0 Å².